The van der Waals surface area contributed by atoms with Gasteiger partial charge in [-0.15, -0.1) is 0 Å². The standard InChI is InChI=1S/C26H39N5O4S/c1-17-6-5-7-20(14-17)23-28-24(32)26(29-23)9-11-31(12-10-26)36(34,35)13-8-22-18(2)15-21(16-19(22)3)30(4)25(27)33/h15-17,20H,5-14H2,1-4H3,(H2,27,33)(H,28,29,32)/t17-,20+/m1/s1. The summed E-state index contributed by atoms with van der Waals surface area (Å²) in [6, 6.07) is 3.16. The first-order valence-electron chi connectivity index (χ1n) is 12.9. The van der Waals surface area contributed by atoms with Gasteiger partial charge in [0, 0.05) is 31.7 Å². The van der Waals surface area contributed by atoms with Crippen molar-refractivity contribution < 1.29 is 18.0 Å². The molecule has 1 spiro atoms. The normalized spacial score (nSPS) is 24.4. The number of urea groups is 1. The van der Waals surface area contributed by atoms with Crippen molar-refractivity contribution in [2.24, 2.45) is 22.6 Å². The van der Waals surface area contributed by atoms with Gasteiger partial charge in [-0.1, -0.05) is 19.8 Å². The van der Waals surface area contributed by atoms with Gasteiger partial charge in [0.15, 0.2) is 0 Å². The van der Waals surface area contributed by atoms with Crippen LogP contribution in [0.5, 0.6) is 0 Å². The van der Waals surface area contributed by atoms with Crippen molar-refractivity contribution in [3.63, 3.8) is 0 Å². The molecular formula is C26H39N5O4S. The predicted octanol–water partition coefficient (Wildman–Crippen LogP) is 2.88. The van der Waals surface area contributed by atoms with Gasteiger partial charge >= 0.3 is 6.03 Å². The minimum absolute atomic E-state index is 0.00659. The molecule has 1 aromatic rings. The average Bonchev–Trinajstić information content (AvgIpc) is 3.13. The summed E-state index contributed by atoms with van der Waals surface area (Å²) in [7, 11) is -1.88. The van der Waals surface area contributed by atoms with Crippen LogP contribution in [-0.2, 0) is 21.2 Å². The lowest BCUT2D eigenvalue weighted by Gasteiger charge is -2.34. The van der Waals surface area contributed by atoms with Crippen molar-refractivity contribution in [1.82, 2.24) is 9.62 Å². The fraction of sp³-hybridized carbons (Fsp3) is 0.654. The third-order valence-corrected chi connectivity index (χ3v) is 10.1. The van der Waals surface area contributed by atoms with E-state index in [9.17, 15) is 18.0 Å². The molecule has 1 aromatic carbocycles. The Morgan fingerprint density at radius 3 is 2.44 bits per heavy atom. The first-order chi connectivity index (χ1) is 16.9. The first-order valence-corrected chi connectivity index (χ1v) is 14.5. The number of amides is 3. The number of carbonyl (C=O) groups excluding carboxylic acids is 2. The fourth-order valence-electron chi connectivity index (χ4n) is 5.94. The van der Waals surface area contributed by atoms with Crippen LogP contribution in [0, 0.1) is 25.7 Å². The smallest absolute Gasteiger partial charge is 0.318 e. The second-order valence-corrected chi connectivity index (χ2v) is 13.0. The Kier molecular flexibility index (Phi) is 7.48. The topological polar surface area (TPSA) is 125 Å². The van der Waals surface area contributed by atoms with Crippen molar-refractivity contribution in [3.8, 4) is 0 Å². The number of aliphatic imine (C=N–C) groups is 1. The van der Waals surface area contributed by atoms with Crippen LogP contribution >= 0.6 is 0 Å². The number of piperidine rings is 1. The number of hydrogen-bond donors (Lipinski definition) is 2. The number of nitrogens with zero attached hydrogens (tertiary/aromatic N) is 3. The van der Waals surface area contributed by atoms with Gasteiger partial charge in [-0.2, -0.15) is 0 Å². The number of sulfonamides is 1. The Balaban J connectivity index is 1.39. The van der Waals surface area contributed by atoms with Crippen molar-refractivity contribution in [1.29, 1.82) is 0 Å². The van der Waals surface area contributed by atoms with E-state index >= 15 is 0 Å². The molecule has 0 aromatic heterocycles. The van der Waals surface area contributed by atoms with Crippen molar-refractivity contribution in [2.75, 3.05) is 30.8 Å². The highest BCUT2D eigenvalue weighted by Crippen LogP contribution is 2.36. The van der Waals surface area contributed by atoms with E-state index in [1.807, 2.05) is 26.0 Å². The summed E-state index contributed by atoms with van der Waals surface area (Å²) < 4.78 is 27.9. The molecule has 2 fully saturated rings. The highest BCUT2D eigenvalue weighted by atomic mass is 32.2. The zero-order valence-corrected chi connectivity index (χ0v) is 22.7. The summed E-state index contributed by atoms with van der Waals surface area (Å²) in [5, 5.41) is 3.05. The molecule has 198 valence electrons. The highest BCUT2D eigenvalue weighted by Gasteiger charge is 2.48. The Morgan fingerprint density at radius 1 is 1.22 bits per heavy atom. The largest absolute Gasteiger partial charge is 0.351 e. The second kappa shape index (κ2) is 10.1. The van der Waals surface area contributed by atoms with E-state index in [1.54, 1.807) is 7.05 Å². The number of carbonyl (C=O) groups is 2. The van der Waals surface area contributed by atoms with E-state index in [-0.39, 0.29) is 11.7 Å². The Hall–Kier alpha value is -2.46. The van der Waals surface area contributed by atoms with E-state index in [0.717, 1.165) is 41.8 Å². The molecule has 36 heavy (non-hydrogen) atoms. The van der Waals surface area contributed by atoms with Crippen LogP contribution in [0.1, 0.15) is 62.1 Å². The highest BCUT2D eigenvalue weighted by molar-refractivity contribution is 7.89. The minimum Gasteiger partial charge on any atom is -0.351 e. The molecule has 10 heteroatoms. The maximum atomic E-state index is 13.2. The van der Waals surface area contributed by atoms with Crippen LogP contribution in [0.25, 0.3) is 0 Å². The lowest BCUT2D eigenvalue weighted by atomic mass is 9.82. The quantitative estimate of drug-likeness (QED) is 0.602. The summed E-state index contributed by atoms with van der Waals surface area (Å²) in [5.41, 5.74) is 8.04. The van der Waals surface area contributed by atoms with Gasteiger partial charge in [0.2, 0.25) is 10.0 Å². The van der Waals surface area contributed by atoms with E-state index in [1.165, 1.54) is 15.6 Å². The summed E-state index contributed by atoms with van der Waals surface area (Å²) in [5.74, 6) is 1.69. The summed E-state index contributed by atoms with van der Waals surface area (Å²) >= 11 is 0. The Labute approximate surface area is 214 Å². The van der Waals surface area contributed by atoms with E-state index in [0.29, 0.717) is 49.9 Å². The van der Waals surface area contributed by atoms with Gasteiger partial charge < -0.3 is 11.1 Å². The number of primary amides is 1. The molecule has 3 amide bonds. The summed E-state index contributed by atoms with van der Waals surface area (Å²) in [6.07, 6.45) is 5.69. The van der Waals surface area contributed by atoms with Gasteiger partial charge in [-0.25, -0.2) is 17.5 Å². The average molecular weight is 518 g/mol. The number of aryl methyl sites for hydroxylation is 2. The molecule has 4 rings (SSSR count). The lowest BCUT2D eigenvalue weighted by molar-refractivity contribution is -0.125. The van der Waals surface area contributed by atoms with Crippen molar-refractivity contribution >= 4 is 33.5 Å². The predicted molar refractivity (Wildman–Crippen MR) is 142 cm³/mol. The molecule has 2 aliphatic heterocycles. The molecule has 3 aliphatic rings. The molecule has 1 saturated heterocycles. The van der Waals surface area contributed by atoms with Crippen LogP contribution < -0.4 is 16.0 Å². The summed E-state index contributed by atoms with van der Waals surface area (Å²) in [4.78, 5) is 30.7. The summed E-state index contributed by atoms with van der Waals surface area (Å²) in [6.45, 7) is 6.68. The molecule has 1 aliphatic carbocycles. The fourth-order valence-corrected chi connectivity index (χ4v) is 7.40. The van der Waals surface area contributed by atoms with Gasteiger partial charge in [0.1, 0.15) is 11.4 Å². The number of rotatable bonds is 6. The number of amidine groups is 1. The van der Waals surface area contributed by atoms with Crippen LogP contribution in [-0.4, -0.2) is 61.9 Å². The Bertz CT molecular complexity index is 1150. The third-order valence-electron chi connectivity index (χ3n) is 8.27. The molecular weight excluding hydrogens is 478 g/mol. The molecule has 9 nitrogen and oxygen atoms in total. The monoisotopic (exact) mass is 517 g/mol. The number of nitrogens with one attached hydrogen (secondary N) is 1. The van der Waals surface area contributed by atoms with Gasteiger partial charge in [0.05, 0.1) is 5.75 Å². The van der Waals surface area contributed by atoms with E-state index < -0.39 is 21.6 Å². The maximum absolute atomic E-state index is 13.2. The van der Waals surface area contributed by atoms with Crippen LogP contribution in [0.15, 0.2) is 17.1 Å². The van der Waals surface area contributed by atoms with Crippen LogP contribution in [0.2, 0.25) is 0 Å². The third kappa shape index (κ3) is 5.29. The zero-order chi connectivity index (χ0) is 26.3. The van der Waals surface area contributed by atoms with E-state index in [2.05, 4.69) is 12.2 Å². The Morgan fingerprint density at radius 2 is 1.86 bits per heavy atom. The number of anilines is 1. The van der Waals surface area contributed by atoms with Gasteiger partial charge in [-0.3, -0.25) is 14.7 Å². The van der Waals surface area contributed by atoms with Crippen molar-refractivity contribution in [2.45, 2.75) is 71.3 Å². The first kappa shape index (κ1) is 26.6. The second-order valence-electron chi connectivity index (χ2n) is 10.9. The molecule has 2 atom stereocenters. The minimum atomic E-state index is -3.49. The number of nitrogens with two attached hydrogens (primary N) is 1. The molecule has 3 N–H and O–H groups in total. The number of benzene rings is 1. The van der Waals surface area contributed by atoms with E-state index in [4.69, 9.17) is 10.7 Å². The molecule has 0 bridgehead atoms. The molecule has 2 heterocycles. The SMILES string of the molecule is Cc1cc(N(C)C(N)=O)cc(C)c1CCS(=O)(=O)N1CCC2(CC1)N=C([C@H]1CCC[C@@H](C)C1)NC2=O. The molecule has 0 unspecified atom stereocenters. The van der Waals surface area contributed by atoms with Crippen molar-refractivity contribution in [3.05, 3.63) is 28.8 Å². The maximum Gasteiger partial charge on any atom is 0.318 e. The molecule has 0 radical (unpaired) electrons. The van der Waals surface area contributed by atoms with Crippen LogP contribution in [0.3, 0.4) is 0 Å². The van der Waals surface area contributed by atoms with Gasteiger partial charge in [-0.05, 0) is 80.7 Å². The van der Waals surface area contributed by atoms with Crippen LogP contribution in [0.4, 0.5) is 10.5 Å². The zero-order valence-electron chi connectivity index (χ0n) is 21.8. The van der Waals surface area contributed by atoms with Gasteiger partial charge in [0.25, 0.3) is 5.91 Å². The molecule has 1 saturated carbocycles. The lowest BCUT2D eigenvalue weighted by Crippen LogP contribution is -2.51. The number of hydrogen-bond acceptors (Lipinski definition) is 5.